The summed E-state index contributed by atoms with van der Waals surface area (Å²) in [4.78, 5) is 47.5. The van der Waals surface area contributed by atoms with E-state index in [1.54, 1.807) is 24.4 Å². The molecule has 0 bridgehead atoms. The smallest absolute Gasteiger partial charge is 0.337 e. The molecule has 2 N–H and O–H groups in total. The Hall–Kier alpha value is -2.68. The molecule has 1 aromatic rings. The molecular formula is C16H18N2O6S. The Kier molecular flexibility index (Phi) is 6.70. The maximum absolute atomic E-state index is 11.9. The van der Waals surface area contributed by atoms with Crippen LogP contribution < -0.4 is 10.6 Å². The Morgan fingerprint density at radius 3 is 2.72 bits per heavy atom. The fraction of sp³-hybridized carbons (Fsp3) is 0.375. The highest BCUT2D eigenvalue weighted by Crippen LogP contribution is 2.13. The molecule has 0 fully saturated rings. The number of esters is 2. The summed E-state index contributed by atoms with van der Waals surface area (Å²) in [5, 5.41) is 6.67. The zero-order valence-corrected chi connectivity index (χ0v) is 14.4. The van der Waals surface area contributed by atoms with Crippen LogP contribution in [0.5, 0.6) is 0 Å². The summed E-state index contributed by atoms with van der Waals surface area (Å²) < 4.78 is 9.96. The fourth-order valence-corrected chi connectivity index (χ4v) is 2.76. The van der Waals surface area contributed by atoms with Crippen molar-refractivity contribution < 1.29 is 28.7 Å². The fourth-order valence-electron chi connectivity index (χ4n) is 2.07. The van der Waals surface area contributed by atoms with Crippen molar-refractivity contribution in [1.29, 1.82) is 0 Å². The lowest BCUT2D eigenvalue weighted by molar-refractivity contribution is -0.143. The topological polar surface area (TPSA) is 111 Å². The first-order valence-electron chi connectivity index (χ1n) is 7.67. The first kappa shape index (κ1) is 18.7. The highest BCUT2D eigenvalue weighted by molar-refractivity contribution is 7.12. The van der Waals surface area contributed by atoms with Crippen molar-refractivity contribution >= 4 is 35.1 Å². The number of nitrogens with one attached hydrogen (secondary N) is 2. The van der Waals surface area contributed by atoms with Crippen molar-refractivity contribution in [3.63, 3.8) is 0 Å². The second-order valence-electron chi connectivity index (χ2n) is 5.05. The molecule has 0 saturated carbocycles. The average Bonchev–Trinajstić information content (AvgIpc) is 3.12. The summed E-state index contributed by atoms with van der Waals surface area (Å²) in [5.41, 5.74) is 0.379. The molecule has 0 spiro atoms. The van der Waals surface area contributed by atoms with Gasteiger partial charge in [-0.2, -0.15) is 0 Å². The van der Waals surface area contributed by atoms with Gasteiger partial charge in [-0.15, -0.1) is 11.3 Å². The van der Waals surface area contributed by atoms with Crippen LogP contribution in [0.3, 0.4) is 0 Å². The molecule has 25 heavy (non-hydrogen) atoms. The van der Waals surface area contributed by atoms with E-state index in [1.165, 1.54) is 11.3 Å². The molecule has 1 aliphatic heterocycles. The Labute approximate surface area is 148 Å². The molecule has 0 atom stereocenters. The van der Waals surface area contributed by atoms with Crippen molar-refractivity contribution in [3.8, 4) is 0 Å². The lowest BCUT2D eigenvalue weighted by Gasteiger charge is -2.21. The monoisotopic (exact) mass is 366 g/mol. The molecule has 2 rings (SSSR count). The van der Waals surface area contributed by atoms with Gasteiger partial charge >= 0.3 is 18.0 Å². The van der Waals surface area contributed by atoms with Gasteiger partial charge in [0.15, 0.2) is 5.78 Å². The molecule has 2 amide bonds. The molecule has 2 heterocycles. The number of ketones is 1. The van der Waals surface area contributed by atoms with Crippen LogP contribution in [0, 0.1) is 0 Å². The second kappa shape index (κ2) is 8.97. The van der Waals surface area contributed by atoms with Crippen LogP contribution >= 0.6 is 11.3 Å². The molecule has 0 saturated heterocycles. The molecular weight excluding hydrogens is 348 g/mol. The number of rotatable bonds is 8. The number of Topliss-reactive ketones (excluding diaryl/α,β-unsaturated/α-hetero) is 1. The summed E-state index contributed by atoms with van der Waals surface area (Å²) in [6.07, 6.45) is -0.0397. The van der Waals surface area contributed by atoms with Crippen molar-refractivity contribution in [3.05, 3.63) is 33.7 Å². The Morgan fingerprint density at radius 2 is 2.04 bits per heavy atom. The second-order valence-corrected chi connectivity index (χ2v) is 5.99. The van der Waals surface area contributed by atoms with E-state index in [4.69, 9.17) is 9.47 Å². The third-order valence-corrected chi connectivity index (χ3v) is 4.22. The third-order valence-electron chi connectivity index (χ3n) is 3.31. The van der Waals surface area contributed by atoms with Gasteiger partial charge in [-0.1, -0.05) is 6.07 Å². The SMILES string of the molecule is CCOC(=O)C1=C(COC(=O)CCC(=O)c2cccs2)NC(=O)NC1. The molecule has 0 aliphatic carbocycles. The van der Waals surface area contributed by atoms with Crippen molar-refractivity contribution in [1.82, 2.24) is 10.6 Å². The van der Waals surface area contributed by atoms with E-state index in [2.05, 4.69) is 10.6 Å². The minimum atomic E-state index is -0.589. The number of ether oxygens (including phenoxy) is 2. The molecule has 0 radical (unpaired) electrons. The van der Waals surface area contributed by atoms with E-state index in [0.717, 1.165) is 0 Å². The summed E-state index contributed by atoms with van der Waals surface area (Å²) in [5.74, 6) is -1.31. The summed E-state index contributed by atoms with van der Waals surface area (Å²) in [6.45, 7) is 1.58. The maximum Gasteiger partial charge on any atom is 0.337 e. The highest BCUT2D eigenvalue weighted by atomic mass is 32.1. The van der Waals surface area contributed by atoms with Gasteiger partial charge in [0.25, 0.3) is 0 Å². The normalized spacial score (nSPS) is 13.7. The van der Waals surface area contributed by atoms with Crippen LogP contribution in [0.15, 0.2) is 28.8 Å². The third kappa shape index (κ3) is 5.42. The highest BCUT2D eigenvalue weighted by Gasteiger charge is 2.24. The quantitative estimate of drug-likeness (QED) is 0.531. The Balaban J connectivity index is 1.88. The first-order chi connectivity index (χ1) is 12.0. The van der Waals surface area contributed by atoms with Crippen LogP contribution in [0.4, 0.5) is 4.79 Å². The maximum atomic E-state index is 11.9. The van der Waals surface area contributed by atoms with E-state index in [9.17, 15) is 19.2 Å². The lowest BCUT2D eigenvalue weighted by Crippen LogP contribution is -2.45. The van der Waals surface area contributed by atoms with Gasteiger partial charge < -0.3 is 20.1 Å². The Morgan fingerprint density at radius 1 is 1.24 bits per heavy atom. The zero-order valence-electron chi connectivity index (χ0n) is 13.6. The van der Waals surface area contributed by atoms with Gasteiger partial charge in [0.1, 0.15) is 6.61 Å². The zero-order chi connectivity index (χ0) is 18.2. The van der Waals surface area contributed by atoms with Gasteiger partial charge in [-0.3, -0.25) is 9.59 Å². The summed E-state index contributed by atoms with van der Waals surface area (Å²) >= 11 is 1.31. The van der Waals surface area contributed by atoms with Crippen LogP contribution in [-0.2, 0) is 19.1 Å². The predicted molar refractivity (Wildman–Crippen MR) is 89.0 cm³/mol. The van der Waals surface area contributed by atoms with E-state index in [0.29, 0.717) is 4.88 Å². The molecule has 9 heteroatoms. The number of amides is 2. The average molecular weight is 366 g/mol. The molecule has 1 aliphatic rings. The number of hydrogen-bond donors (Lipinski definition) is 2. The van der Waals surface area contributed by atoms with Gasteiger partial charge in [-0.25, -0.2) is 9.59 Å². The van der Waals surface area contributed by atoms with Gasteiger partial charge in [0.05, 0.1) is 35.7 Å². The van der Waals surface area contributed by atoms with E-state index >= 15 is 0 Å². The summed E-state index contributed by atoms with van der Waals surface area (Å²) in [7, 11) is 0. The molecule has 1 aromatic heterocycles. The van der Waals surface area contributed by atoms with Crippen LogP contribution in [-0.4, -0.2) is 43.5 Å². The minimum absolute atomic E-state index is 0.00554. The van der Waals surface area contributed by atoms with Crippen molar-refractivity contribution in [2.24, 2.45) is 0 Å². The molecule has 134 valence electrons. The minimum Gasteiger partial charge on any atom is -0.463 e. The molecule has 0 unspecified atom stereocenters. The van der Waals surface area contributed by atoms with E-state index < -0.39 is 18.0 Å². The number of thiophene rings is 1. The van der Waals surface area contributed by atoms with Gasteiger partial charge in [0, 0.05) is 6.42 Å². The van der Waals surface area contributed by atoms with Crippen LogP contribution in [0.1, 0.15) is 29.4 Å². The van der Waals surface area contributed by atoms with Gasteiger partial charge in [0.2, 0.25) is 0 Å². The number of carbonyl (C=O) groups is 4. The van der Waals surface area contributed by atoms with Crippen molar-refractivity contribution in [2.45, 2.75) is 19.8 Å². The largest absolute Gasteiger partial charge is 0.463 e. The van der Waals surface area contributed by atoms with E-state index in [-0.39, 0.29) is 49.7 Å². The molecule has 0 aromatic carbocycles. The van der Waals surface area contributed by atoms with E-state index in [1.807, 2.05) is 0 Å². The van der Waals surface area contributed by atoms with Crippen LogP contribution in [0.2, 0.25) is 0 Å². The number of carbonyl (C=O) groups excluding carboxylic acids is 4. The molecule has 8 nitrogen and oxygen atoms in total. The first-order valence-corrected chi connectivity index (χ1v) is 8.55. The summed E-state index contributed by atoms with van der Waals surface area (Å²) in [6, 6.07) is 2.96. The number of hydrogen-bond acceptors (Lipinski definition) is 7. The predicted octanol–water partition coefficient (Wildman–Crippen LogP) is 1.38. The van der Waals surface area contributed by atoms with Gasteiger partial charge in [-0.05, 0) is 18.4 Å². The standard InChI is InChI=1S/C16H18N2O6S/c1-2-23-15(21)10-8-17-16(22)18-11(10)9-24-14(20)6-5-12(19)13-4-3-7-25-13/h3-4,7H,2,5-6,8-9H2,1H3,(H2,17,18,22). The lowest BCUT2D eigenvalue weighted by atomic mass is 10.1. The van der Waals surface area contributed by atoms with Crippen LogP contribution in [0.25, 0.3) is 0 Å². The Bertz CT molecular complexity index is 695. The van der Waals surface area contributed by atoms with Crippen molar-refractivity contribution in [2.75, 3.05) is 19.8 Å². The number of urea groups is 1.